The molecule has 0 bridgehead atoms. The van der Waals surface area contributed by atoms with Gasteiger partial charge in [0, 0.05) is 36.4 Å². The molecule has 0 N–H and O–H groups in total. The van der Waals surface area contributed by atoms with Gasteiger partial charge in [0.2, 0.25) is 0 Å². The van der Waals surface area contributed by atoms with E-state index in [0.717, 1.165) is 34.7 Å². The molecule has 0 aromatic carbocycles. The molecule has 0 saturated heterocycles. The predicted molar refractivity (Wildman–Crippen MR) is 113 cm³/mol. The van der Waals surface area contributed by atoms with Crippen molar-refractivity contribution in [1.29, 1.82) is 0 Å². The Bertz CT molecular complexity index is 928. The molecule has 134 valence electrons. The minimum Gasteiger partial charge on any atom is -0.314 e. The lowest BCUT2D eigenvalue weighted by Crippen LogP contribution is -2.26. The van der Waals surface area contributed by atoms with E-state index in [-0.39, 0.29) is 6.04 Å². The van der Waals surface area contributed by atoms with Crippen LogP contribution in [0.25, 0.3) is 21.3 Å². The van der Waals surface area contributed by atoms with Crippen LogP contribution >= 0.6 is 11.3 Å². The Hall–Kier alpha value is -2.53. The van der Waals surface area contributed by atoms with Crippen LogP contribution in [0.15, 0.2) is 59.2 Å². The molecular weight excluding hydrogens is 340 g/mol. The molecule has 0 saturated carbocycles. The first-order valence-corrected chi connectivity index (χ1v) is 9.74. The molecule has 3 aromatic heterocycles. The lowest BCUT2D eigenvalue weighted by molar-refractivity contribution is 0.715. The number of anilines is 1. The third-order valence-corrected chi connectivity index (χ3v) is 5.28. The molecule has 1 atom stereocenters. The van der Waals surface area contributed by atoms with Crippen LogP contribution in [-0.4, -0.2) is 28.9 Å². The lowest BCUT2D eigenvalue weighted by Gasteiger charge is -2.20. The number of aromatic nitrogens is 2. The van der Waals surface area contributed by atoms with Gasteiger partial charge in [0.05, 0.1) is 10.2 Å². The summed E-state index contributed by atoms with van der Waals surface area (Å²) < 4.78 is 1.18. The smallest absolute Gasteiger partial charge is 0.134 e. The quantitative estimate of drug-likeness (QED) is 0.439. The van der Waals surface area contributed by atoms with Crippen molar-refractivity contribution in [2.45, 2.75) is 33.2 Å². The molecule has 26 heavy (non-hydrogen) atoms. The van der Waals surface area contributed by atoms with Crippen LogP contribution in [0, 0.1) is 0 Å². The molecule has 1 unspecified atom stereocenters. The average molecular weight is 365 g/mol. The Kier molecular flexibility index (Phi) is 5.78. The fourth-order valence-electron chi connectivity index (χ4n) is 2.65. The Morgan fingerprint density at radius 1 is 1.27 bits per heavy atom. The van der Waals surface area contributed by atoms with E-state index in [1.54, 1.807) is 11.3 Å². The molecule has 3 heterocycles. The van der Waals surface area contributed by atoms with Crippen molar-refractivity contribution in [2.75, 3.05) is 11.9 Å². The maximum absolute atomic E-state index is 4.95. The molecule has 0 radical (unpaired) electrons. The van der Waals surface area contributed by atoms with Crippen LogP contribution in [0.5, 0.6) is 0 Å². The summed E-state index contributed by atoms with van der Waals surface area (Å²) in [5.41, 5.74) is 3.31. The largest absolute Gasteiger partial charge is 0.314 e. The zero-order valence-corrected chi connectivity index (χ0v) is 16.5. The molecule has 0 aliphatic carbocycles. The maximum Gasteiger partial charge on any atom is 0.134 e. The zero-order chi connectivity index (χ0) is 18.5. The number of allylic oxidation sites excluding steroid dienone is 1. The van der Waals surface area contributed by atoms with Crippen LogP contribution in [-0.2, 0) is 0 Å². The highest BCUT2D eigenvalue weighted by atomic mass is 32.1. The first-order chi connectivity index (χ1) is 12.6. The van der Waals surface area contributed by atoms with Gasteiger partial charge in [-0.1, -0.05) is 13.0 Å². The first kappa shape index (κ1) is 18.3. The van der Waals surface area contributed by atoms with Crippen LogP contribution in [0.3, 0.4) is 0 Å². The molecule has 4 nitrogen and oxygen atoms in total. The van der Waals surface area contributed by atoms with Gasteiger partial charge in [0.15, 0.2) is 0 Å². The van der Waals surface area contributed by atoms with Crippen LogP contribution in [0.4, 0.5) is 5.82 Å². The number of fused-ring (bicyclic) bond motifs is 1. The number of nitrogens with zero attached hydrogens (tertiary/aromatic N) is 4. The number of hydrogen-bond acceptors (Lipinski definition) is 4. The molecule has 0 aliphatic heterocycles. The Morgan fingerprint density at radius 2 is 2.04 bits per heavy atom. The first-order valence-electron chi connectivity index (χ1n) is 8.87. The third kappa shape index (κ3) is 3.83. The van der Waals surface area contributed by atoms with Crippen molar-refractivity contribution in [3.05, 3.63) is 54.2 Å². The van der Waals surface area contributed by atoms with Gasteiger partial charge in [0.1, 0.15) is 11.7 Å². The second kappa shape index (κ2) is 8.23. The maximum atomic E-state index is 4.95. The van der Waals surface area contributed by atoms with Crippen molar-refractivity contribution in [3.8, 4) is 11.1 Å². The number of likely N-dealkylation sites (N-methyl/N-ethyl adjacent to an activating group) is 1. The summed E-state index contributed by atoms with van der Waals surface area (Å²) in [7, 11) is 2.02. The normalized spacial score (nSPS) is 13.5. The van der Waals surface area contributed by atoms with Crippen molar-refractivity contribution in [2.24, 2.45) is 4.99 Å². The zero-order valence-electron chi connectivity index (χ0n) is 15.7. The van der Waals surface area contributed by atoms with Crippen molar-refractivity contribution in [3.63, 3.8) is 0 Å². The highest BCUT2D eigenvalue weighted by Crippen LogP contribution is 2.33. The minimum absolute atomic E-state index is 0.279. The van der Waals surface area contributed by atoms with Gasteiger partial charge in [-0.05, 0) is 56.2 Å². The number of rotatable bonds is 5. The van der Waals surface area contributed by atoms with Gasteiger partial charge in [-0.3, -0.25) is 9.98 Å². The predicted octanol–water partition coefficient (Wildman–Crippen LogP) is 5.57. The number of amidine groups is 1. The summed E-state index contributed by atoms with van der Waals surface area (Å²) in [6.45, 7) is 6.30. The molecule has 0 amide bonds. The van der Waals surface area contributed by atoms with E-state index in [2.05, 4.69) is 41.2 Å². The molecule has 0 aliphatic rings. The lowest BCUT2D eigenvalue weighted by atomic mass is 10.1. The van der Waals surface area contributed by atoms with Gasteiger partial charge >= 0.3 is 0 Å². The van der Waals surface area contributed by atoms with Gasteiger partial charge in [-0.15, -0.1) is 11.3 Å². The summed E-state index contributed by atoms with van der Waals surface area (Å²) in [4.78, 5) is 15.9. The fraction of sp³-hybridized carbons (Fsp3) is 0.286. The van der Waals surface area contributed by atoms with E-state index in [0.29, 0.717) is 0 Å². The number of thiophene rings is 1. The second-order valence-corrected chi connectivity index (χ2v) is 7.12. The van der Waals surface area contributed by atoms with E-state index in [1.165, 1.54) is 4.70 Å². The van der Waals surface area contributed by atoms with E-state index in [9.17, 15) is 0 Å². The molecule has 0 fully saturated rings. The van der Waals surface area contributed by atoms with Crippen LogP contribution in [0.1, 0.15) is 27.2 Å². The van der Waals surface area contributed by atoms with Crippen molar-refractivity contribution >= 4 is 33.2 Å². The third-order valence-electron chi connectivity index (χ3n) is 4.34. The Morgan fingerprint density at radius 3 is 2.73 bits per heavy atom. The number of hydrogen-bond donors (Lipinski definition) is 0. The molecule has 0 spiro atoms. The molecule has 5 heteroatoms. The van der Waals surface area contributed by atoms with Crippen molar-refractivity contribution in [1.82, 2.24) is 9.97 Å². The van der Waals surface area contributed by atoms with E-state index in [1.807, 2.05) is 50.6 Å². The molecule has 3 aromatic rings. The van der Waals surface area contributed by atoms with Crippen LogP contribution in [0.2, 0.25) is 0 Å². The summed E-state index contributed by atoms with van der Waals surface area (Å²) in [6.07, 6.45) is 8.70. The van der Waals surface area contributed by atoms with Gasteiger partial charge < -0.3 is 4.90 Å². The Balaban J connectivity index is 2.04. The average Bonchev–Trinajstić information content (AvgIpc) is 3.10. The standard InChI is InChI=1S/C21H24N4S/c1-5-7-19(23-15(3)6-2)25(4)20-9-8-18-21(24-20)17(14-26-18)16-10-12-22-13-11-16/h5,7-15H,6H2,1-4H3/b7-5-,23-19?. The summed E-state index contributed by atoms with van der Waals surface area (Å²) >= 11 is 1.72. The number of pyridine rings is 2. The monoisotopic (exact) mass is 364 g/mol. The van der Waals surface area contributed by atoms with E-state index < -0.39 is 0 Å². The van der Waals surface area contributed by atoms with Gasteiger partial charge in [0.25, 0.3) is 0 Å². The SMILES string of the molecule is C/C=C\C(=NC(C)CC)N(C)c1ccc2scc(-c3ccncc3)c2n1. The summed E-state index contributed by atoms with van der Waals surface area (Å²) in [5.74, 6) is 1.82. The van der Waals surface area contributed by atoms with Gasteiger partial charge in [-0.2, -0.15) is 0 Å². The van der Waals surface area contributed by atoms with Crippen LogP contribution < -0.4 is 4.90 Å². The number of aliphatic imine (C=N–C) groups is 1. The molecule has 3 rings (SSSR count). The molecular formula is C21H24N4S. The second-order valence-electron chi connectivity index (χ2n) is 6.21. The van der Waals surface area contributed by atoms with Crippen molar-refractivity contribution < 1.29 is 0 Å². The Labute approximate surface area is 158 Å². The fourth-order valence-corrected chi connectivity index (χ4v) is 3.56. The minimum atomic E-state index is 0.279. The topological polar surface area (TPSA) is 41.4 Å². The summed E-state index contributed by atoms with van der Waals surface area (Å²) in [6, 6.07) is 8.52. The van der Waals surface area contributed by atoms with E-state index >= 15 is 0 Å². The highest BCUT2D eigenvalue weighted by molar-refractivity contribution is 7.17. The van der Waals surface area contributed by atoms with E-state index in [4.69, 9.17) is 9.98 Å². The summed E-state index contributed by atoms with van der Waals surface area (Å²) in [5, 5.41) is 2.16. The van der Waals surface area contributed by atoms with Gasteiger partial charge in [-0.25, -0.2) is 4.98 Å². The highest BCUT2D eigenvalue weighted by Gasteiger charge is 2.13.